The number of hydrogen-bond donors (Lipinski definition) is 0. The van der Waals surface area contributed by atoms with Gasteiger partial charge in [-0.3, -0.25) is 0 Å². The van der Waals surface area contributed by atoms with E-state index in [9.17, 15) is 4.79 Å². The van der Waals surface area contributed by atoms with Crippen LogP contribution in [0.25, 0.3) is 6.08 Å². The summed E-state index contributed by atoms with van der Waals surface area (Å²) in [6, 6.07) is 8.16. The molecule has 0 aromatic heterocycles. The first-order valence-corrected chi connectivity index (χ1v) is 9.04. The minimum Gasteiger partial charge on any atom is -0.493 e. The molecule has 6 nitrogen and oxygen atoms in total. The predicted molar refractivity (Wildman–Crippen MR) is 104 cm³/mol. The Balaban J connectivity index is 1.79. The summed E-state index contributed by atoms with van der Waals surface area (Å²) in [5.41, 5.74) is 0.933. The van der Waals surface area contributed by atoms with E-state index in [-0.39, 0.29) is 16.5 Å². The third kappa shape index (κ3) is 4.50. The molecule has 0 bridgehead atoms. The van der Waals surface area contributed by atoms with Crippen molar-refractivity contribution in [3.63, 3.8) is 0 Å². The zero-order chi connectivity index (χ0) is 20.1. The number of hydrogen-bond acceptors (Lipinski definition) is 6. The molecular formula is C20H15Cl2NO5. The van der Waals surface area contributed by atoms with Crippen molar-refractivity contribution in [2.24, 2.45) is 0 Å². The normalized spacial score (nSPS) is 12.9. The number of nitrogens with zero attached hydrogens (tertiary/aromatic N) is 1. The highest BCUT2D eigenvalue weighted by Gasteiger charge is 2.16. The Morgan fingerprint density at radius 2 is 1.96 bits per heavy atom. The molecule has 0 saturated carbocycles. The molecule has 0 aliphatic carbocycles. The summed E-state index contributed by atoms with van der Waals surface area (Å²) in [6.45, 7) is 1.05. The monoisotopic (exact) mass is 419 g/mol. The SMILES string of the molecule is COc1cc(C#N)cc(Cl)c1OC(=O)/C=C/c1cc(Cl)c2c(c1)OCCCO2. The van der Waals surface area contributed by atoms with Crippen LogP contribution >= 0.6 is 23.2 Å². The summed E-state index contributed by atoms with van der Waals surface area (Å²) in [7, 11) is 1.39. The van der Waals surface area contributed by atoms with Gasteiger partial charge in [-0.15, -0.1) is 0 Å². The molecule has 0 spiro atoms. The number of esters is 1. The van der Waals surface area contributed by atoms with Crippen LogP contribution in [0.5, 0.6) is 23.0 Å². The molecule has 2 aromatic carbocycles. The van der Waals surface area contributed by atoms with Gasteiger partial charge < -0.3 is 18.9 Å². The van der Waals surface area contributed by atoms with Crippen molar-refractivity contribution in [2.45, 2.75) is 6.42 Å². The molecule has 0 N–H and O–H groups in total. The average molecular weight is 420 g/mol. The van der Waals surface area contributed by atoms with Crippen molar-refractivity contribution in [1.82, 2.24) is 0 Å². The minimum absolute atomic E-state index is 0.0366. The molecular weight excluding hydrogens is 405 g/mol. The van der Waals surface area contributed by atoms with E-state index in [4.69, 9.17) is 47.4 Å². The maximum absolute atomic E-state index is 12.2. The molecule has 0 radical (unpaired) electrons. The van der Waals surface area contributed by atoms with Crippen LogP contribution in [0.1, 0.15) is 17.5 Å². The number of benzene rings is 2. The molecule has 0 fully saturated rings. The molecule has 28 heavy (non-hydrogen) atoms. The van der Waals surface area contributed by atoms with Gasteiger partial charge in [-0.1, -0.05) is 23.2 Å². The van der Waals surface area contributed by atoms with Crippen LogP contribution in [0.2, 0.25) is 10.0 Å². The fraction of sp³-hybridized carbons (Fsp3) is 0.200. The number of carbonyl (C=O) groups excluding carboxylic acids is 1. The molecule has 1 heterocycles. The first-order valence-electron chi connectivity index (χ1n) is 8.28. The maximum Gasteiger partial charge on any atom is 0.336 e. The number of fused-ring (bicyclic) bond motifs is 1. The lowest BCUT2D eigenvalue weighted by Gasteiger charge is -2.11. The zero-order valence-electron chi connectivity index (χ0n) is 14.8. The Kier molecular flexibility index (Phi) is 6.30. The third-order valence-corrected chi connectivity index (χ3v) is 4.36. The van der Waals surface area contributed by atoms with E-state index >= 15 is 0 Å². The topological polar surface area (TPSA) is 77.8 Å². The van der Waals surface area contributed by atoms with Crippen LogP contribution in [0, 0.1) is 11.3 Å². The van der Waals surface area contributed by atoms with E-state index in [1.54, 1.807) is 12.1 Å². The van der Waals surface area contributed by atoms with E-state index in [0.29, 0.717) is 40.9 Å². The Morgan fingerprint density at radius 1 is 1.18 bits per heavy atom. The van der Waals surface area contributed by atoms with Gasteiger partial charge in [-0.2, -0.15) is 5.26 Å². The first-order chi connectivity index (χ1) is 13.5. The van der Waals surface area contributed by atoms with E-state index in [2.05, 4.69) is 0 Å². The van der Waals surface area contributed by atoms with Crippen LogP contribution in [-0.2, 0) is 4.79 Å². The molecule has 8 heteroatoms. The lowest BCUT2D eigenvalue weighted by Crippen LogP contribution is -2.06. The number of methoxy groups -OCH3 is 1. The number of rotatable bonds is 4. The Hall–Kier alpha value is -2.88. The van der Waals surface area contributed by atoms with Gasteiger partial charge in [0.05, 0.1) is 42.0 Å². The summed E-state index contributed by atoms with van der Waals surface area (Å²) in [5.74, 6) is 0.565. The van der Waals surface area contributed by atoms with Gasteiger partial charge in [0.1, 0.15) is 0 Å². The third-order valence-electron chi connectivity index (χ3n) is 3.80. The molecule has 0 unspecified atom stereocenters. The van der Waals surface area contributed by atoms with Crippen molar-refractivity contribution in [3.05, 3.63) is 51.5 Å². The van der Waals surface area contributed by atoms with E-state index in [1.165, 1.54) is 31.4 Å². The summed E-state index contributed by atoms with van der Waals surface area (Å²) < 4.78 is 21.6. The van der Waals surface area contributed by atoms with Crippen LogP contribution < -0.4 is 18.9 Å². The molecule has 3 rings (SSSR count). The maximum atomic E-state index is 12.2. The number of carbonyl (C=O) groups is 1. The Bertz CT molecular complexity index is 982. The summed E-state index contributed by atoms with van der Waals surface area (Å²) >= 11 is 12.3. The van der Waals surface area contributed by atoms with Crippen molar-refractivity contribution >= 4 is 35.2 Å². The van der Waals surface area contributed by atoms with Crippen LogP contribution in [0.4, 0.5) is 0 Å². The molecule has 0 atom stereocenters. The standard InChI is InChI=1S/C20H15Cl2NO5/c1-25-16-10-13(11-23)8-15(22)20(16)28-18(24)4-3-12-7-14(21)19-17(9-12)26-5-2-6-27-19/h3-4,7-10H,2,5-6H2,1H3/b4-3+. The predicted octanol–water partition coefficient (Wildman–Crippen LogP) is 4.65. The van der Waals surface area contributed by atoms with Crippen molar-refractivity contribution in [1.29, 1.82) is 5.26 Å². The fourth-order valence-electron chi connectivity index (χ4n) is 2.53. The van der Waals surface area contributed by atoms with Crippen molar-refractivity contribution < 1.29 is 23.7 Å². The second kappa shape index (κ2) is 8.87. The molecule has 0 amide bonds. The highest BCUT2D eigenvalue weighted by atomic mass is 35.5. The quantitative estimate of drug-likeness (QED) is 0.407. The number of nitriles is 1. The summed E-state index contributed by atoms with van der Waals surface area (Å²) in [5, 5.41) is 9.46. The highest BCUT2D eigenvalue weighted by molar-refractivity contribution is 6.33. The largest absolute Gasteiger partial charge is 0.493 e. The van der Waals surface area contributed by atoms with Gasteiger partial charge in [-0.25, -0.2) is 4.79 Å². The van der Waals surface area contributed by atoms with Gasteiger partial charge >= 0.3 is 5.97 Å². The number of ether oxygens (including phenoxy) is 4. The van der Waals surface area contributed by atoms with Gasteiger partial charge in [0.25, 0.3) is 0 Å². The van der Waals surface area contributed by atoms with E-state index < -0.39 is 5.97 Å². The van der Waals surface area contributed by atoms with Crippen LogP contribution in [0.3, 0.4) is 0 Å². The molecule has 144 valence electrons. The second-order valence-electron chi connectivity index (χ2n) is 5.74. The lowest BCUT2D eigenvalue weighted by molar-refractivity contribution is -0.129. The lowest BCUT2D eigenvalue weighted by atomic mass is 10.2. The number of halogens is 2. The fourth-order valence-corrected chi connectivity index (χ4v) is 3.05. The van der Waals surface area contributed by atoms with Gasteiger partial charge in [0.15, 0.2) is 23.0 Å². The smallest absolute Gasteiger partial charge is 0.336 e. The molecule has 0 saturated heterocycles. The summed E-state index contributed by atoms with van der Waals surface area (Å²) in [4.78, 5) is 12.2. The van der Waals surface area contributed by atoms with Crippen molar-refractivity contribution in [3.8, 4) is 29.1 Å². The Morgan fingerprint density at radius 3 is 2.71 bits per heavy atom. The van der Waals surface area contributed by atoms with Crippen LogP contribution in [0.15, 0.2) is 30.3 Å². The van der Waals surface area contributed by atoms with Gasteiger partial charge in [-0.05, 0) is 29.8 Å². The zero-order valence-corrected chi connectivity index (χ0v) is 16.3. The molecule has 2 aromatic rings. The van der Waals surface area contributed by atoms with Crippen LogP contribution in [-0.4, -0.2) is 26.3 Å². The van der Waals surface area contributed by atoms with Gasteiger partial charge in [0, 0.05) is 18.6 Å². The van der Waals surface area contributed by atoms with Gasteiger partial charge in [0.2, 0.25) is 0 Å². The second-order valence-corrected chi connectivity index (χ2v) is 6.55. The average Bonchev–Trinajstić information content (AvgIpc) is 2.93. The van der Waals surface area contributed by atoms with E-state index in [0.717, 1.165) is 6.42 Å². The highest BCUT2D eigenvalue weighted by Crippen LogP contribution is 2.39. The first kappa shape index (κ1) is 19.9. The van der Waals surface area contributed by atoms with Crippen molar-refractivity contribution in [2.75, 3.05) is 20.3 Å². The minimum atomic E-state index is -0.673. The molecule has 1 aliphatic rings. The van der Waals surface area contributed by atoms with E-state index in [1.807, 2.05) is 6.07 Å². The summed E-state index contributed by atoms with van der Waals surface area (Å²) in [6.07, 6.45) is 3.52. The Labute approximate surface area is 171 Å². The molecule has 1 aliphatic heterocycles.